The molecule has 0 spiro atoms. The maximum atomic E-state index is 13.3. The Morgan fingerprint density at radius 3 is 2.69 bits per heavy atom. The van der Waals surface area contributed by atoms with Gasteiger partial charge in [-0.05, 0) is 55.2 Å². The summed E-state index contributed by atoms with van der Waals surface area (Å²) in [5, 5.41) is 13.6. The number of nitrogens with one attached hydrogen (secondary N) is 1. The third kappa shape index (κ3) is 5.05. The van der Waals surface area contributed by atoms with Gasteiger partial charge in [0.25, 0.3) is 5.91 Å². The van der Waals surface area contributed by atoms with Crippen molar-refractivity contribution in [3.63, 3.8) is 0 Å². The van der Waals surface area contributed by atoms with Crippen LogP contribution in [0.5, 0.6) is 11.5 Å². The van der Waals surface area contributed by atoms with Crippen LogP contribution in [0.2, 0.25) is 0 Å². The molecule has 26 heavy (non-hydrogen) atoms. The van der Waals surface area contributed by atoms with Gasteiger partial charge in [0, 0.05) is 5.56 Å². The smallest absolute Gasteiger partial charge is 0.277 e. The first-order chi connectivity index (χ1) is 12.3. The Hall–Kier alpha value is -2.89. The van der Waals surface area contributed by atoms with Gasteiger partial charge >= 0.3 is 0 Å². The molecular formula is C20H23FN2O3. The zero-order valence-corrected chi connectivity index (χ0v) is 15.3. The van der Waals surface area contributed by atoms with Gasteiger partial charge in [0.05, 0.1) is 5.71 Å². The van der Waals surface area contributed by atoms with Gasteiger partial charge in [0.1, 0.15) is 17.3 Å². The van der Waals surface area contributed by atoms with Gasteiger partial charge in [-0.1, -0.05) is 26.0 Å². The van der Waals surface area contributed by atoms with E-state index in [1.165, 1.54) is 6.07 Å². The normalized spacial score (nSPS) is 11.5. The minimum atomic E-state index is -0.498. The first-order valence-electron chi connectivity index (χ1n) is 8.33. The number of halogens is 1. The van der Waals surface area contributed by atoms with Crippen LogP contribution in [-0.2, 0) is 4.79 Å². The van der Waals surface area contributed by atoms with E-state index in [-0.39, 0.29) is 29.5 Å². The zero-order chi connectivity index (χ0) is 19.3. The Kier molecular flexibility index (Phi) is 6.33. The Bertz CT molecular complexity index is 832. The highest BCUT2D eigenvalue weighted by molar-refractivity contribution is 6.01. The summed E-state index contributed by atoms with van der Waals surface area (Å²) < 4.78 is 18.9. The highest BCUT2D eigenvalue weighted by atomic mass is 19.1. The molecule has 0 aliphatic carbocycles. The van der Waals surface area contributed by atoms with E-state index in [0.717, 1.165) is 23.3 Å². The number of amides is 1. The first-order valence-corrected chi connectivity index (χ1v) is 8.33. The van der Waals surface area contributed by atoms with Crippen LogP contribution in [0.1, 0.15) is 43.4 Å². The van der Waals surface area contributed by atoms with E-state index in [1.807, 2.05) is 25.1 Å². The molecule has 2 rings (SSSR count). The molecule has 0 aliphatic rings. The molecule has 0 unspecified atom stereocenters. The standard InChI is InChI=1S/C20H23FN2O3/c1-12(2)16-7-5-13(3)9-19(16)26-11-20(25)23-22-14(4)17-10-15(21)6-8-18(17)24/h5-10,12,24H,11H2,1-4H3,(H,23,25)/b22-14+. The second-order valence-electron chi connectivity index (χ2n) is 6.38. The number of hydrazone groups is 1. The number of ether oxygens (including phenoxy) is 1. The van der Waals surface area contributed by atoms with E-state index in [1.54, 1.807) is 6.92 Å². The molecule has 0 saturated carbocycles. The van der Waals surface area contributed by atoms with Crippen molar-refractivity contribution in [2.24, 2.45) is 5.10 Å². The van der Waals surface area contributed by atoms with Crippen LogP contribution >= 0.6 is 0 Å². The first kappa shape index (κ1) is 19.4. The van der Waals surface area contributed by atoms with Gasteiger partial charge in [0.15, 0.2) is 6.61 Å². The average Bonchev–Trinajstić information content (AvgIpc) is 2.59. The number of nitrogens with zero attached hydrogens (tertiary/aromatic N) is 1. The van der Waals surface area contributed by atoms with E-state index in [2.05, 4.69) is 24.4 Å². The van der Waals surface area contributed by atoms with Gasteiger partial charge in [-0.25, -0.2) is 9.82 Å². The highest BCUT2D eigenvalue weighted by Crippen LogP contribution is 2.27. The van der Waals surface area contributed by atoms with Crippen molar-refractivity contribution in [2.45, 2.75) is 33.6 Å². The summed E-state index contributed by atoms with van der Waals surface area (Å²) in [4.78, 5) is 12.0. The predicted molar refractivity (Wildman–Crippen MR) is 99.2 cm³/mol. The SMILES string of the molecule is C/C(=N\NC(=O)COc1cc(C)ccc1C(C)C)c1cc(F)ccc1O. The molecule has 0 aromatic heterocycles. The Morgan fingerprint density at radius 1 is 1.27 bits per heavy atom. The maximum Gasteiger partial charge on any atom is 0.277 e. The van der Waals surface area contributed by atoms with Crippen molar-refractivity contribution in [3.05, 3.63) is 58.9 Å². The summed E-state index contributed by atoms with van der Waals surface area (Å²) in [5.41, 5.74) is 4.92. The maximum absolute atomic E-state index is 13.3. The van der Waals surface area contributed by atoms with Crippen LogP contribution in [0.25, 0.3) is 0 Å². The van der Waals surface area contributed by atoms with E-state index in [0.29, 0.717) is 5.75 Å². The zero-order valence-electron chi connectivity index (χ0n) is 15.3. The number of benzene rings is 2. The molecule has 2 aromatic carbocycles. The lowest BCUT2D eigenvalue weighted by atomic mass is 10.0. The fourth-order valence-corrected chi connectivity index (χ4v) is 2.42. The lowest BCUT2D eigenvalue weighted by Crippen LogP contribution is -2.26. The Morgan fingerprint density at radius 2 is 2.00 bits per heavy atom. The monoisotopic (exact) mass is 358 g/mol. The van der Waals surface area contributed by atoms with Crippen LogP contribution < -0.4 is 10.2 Å². The van der Waals surface area contributed by atoms with Gasteiger partial charge < -0.3 is 9.84 Å². The lowest BCUT2D eigenvalue weighted by molar-refractivity contribution is -0.123. The summed E-state index contributed by atoms with van der Waals surface area (Å²) in [6, 6.07) is 9.41. The van der Waals surface area contributed by atoms with Gasteiger partial charge in [0.2, 0.25) is 0 Å². The number of carbonyl (C=O) groups is 1. The number of aryl methyl sites for hydroxylation is 1. The van der Waals surface area contributed by atoms with Crippen LogP contribution in [0.15, 0.2) is 41.5 Å². The van der Waals surface area contributed by atoms with Crippen molar-refractivity contribution < 1.29 is 19.0 Å². The number of hydrogen-bond donors (Lipinski definition) is 2. The molecule has 5 nitrogen and oxygen atoms in total. The second kappa shape index (κ2) is 8.47. The molecule has 0 aliphatic heterocycles. The number of hydrogen-bond acceptors (Lipinski definition) is 4. The summed E-state index contributed by atoms with van der Waals surface area (Å²) in [6.07, 6.45) is 0. The minimum absolute atomic E-state index is 0.112. The molecule has 0 saturated heterocycles. The molecule has 2 aromatic rings. The number of phenolic OH excluding ortho intramolecular Hbond substituents is 1. The van der Waals surface area contributed by atoms with Gasteiger partial charge in [-0.15, -0.1) is 0 Å². The fourth-order valence-electron chi connectivity index (χ4n) is 2.42. The van der Waals surface area contributed by atoms with Crippen LogP contribution in [0, 0.1) is 12.7 Å². The Labute approximate surface area is 152 Å². The molecule has 0 fully saturated rings. The quantitative estimate of drug-likeness (QED) is 0.608. The molecule has 0 heterocycles. The van der Waals surface area contributed by atoms with E-state index in [9.17, 15) is 14.3 Å². The lowest BCUT2D eigenvalue weighted by Gasteiger charge is -2.14. The third-order valence-electron chi connectivity index (χ3n) is 3.85. The van der Waals surface area contributed by atoms with Crippen molar-refractivity contribution in [1.82, 2.24) is 5.43 Å². The van der Waals surface area contributed by atoms with Crippen LogP contribution in [-0.4, -0.2) is 23.3 Å². The van der Waals surface area contributed by atoms with E-state index in [4.69, 9.17) is 4.74 Å². The summed E-state index contributed by atoms with van der Waals surface area (Å²) in [7, 11) is 0. The Balaban J connectivity index is 2.01. The molecule has 0 radical (unpaired) electrons. The van der Waals surface area contributed by atoms with E-state index < -0.39 is 11.7 Å². The van der Waals surface area contributed by atoms with E-state index >= 15 is 0 Å². The molecule has 2 N–H and O–H groups in total. The van der Waals surface area contributed by atoms with Gasteiger partial charge in [-0.2, -0.15) is 5.10 Å². The highest BCUT2D eigenvalue weighted by Gasteiger charge is 2.11. The van der Waals surface area contributed by atoms with Crippen LogP contribution in [0.3, 0.4) is 0 Å². The van der Waals surface area contributed by atoms with Crippen LogP contribution in [0.4, 0.5) is 4.39 Å². The molecule has 0 atom stereocenters. The topological polar surface area (TPSA) is 70.9 Å². The number of phenols is 1. The second-order valence-corrected chi connectivity index (χ2v) is 6.38. The van der Waals surface area contributed by atoms with Crippen molar-refractivity contribution in [3.8, 4) is 11.5 Å². The number of rotatable bonds is 6. The summed E-state index contributed by atoms with van der Waals surface area (Å²) in [6.45, 7) is 7.42. The molecule has 6 heteroatoms. The fraction of sp³-hybridized carbons (Fsp3) is 0.300. The van der Waals surface area contributed by atoms with Crippen molar-refractivity contribution >= 4 is 11.6 Å². The molecule has 0 bridgehead atoms. The summed E-state index contributed by atoms with van der Waals surface area (Å²) in [5.74, 6) is -0.123. The number of aromatic hydroxyl groups is 1. The molecular weight excluding hydrogens is 335 g/mol. The largest absolute Gasteiger partial charge is 0.507 e. The van der Waals surface area contributed by atoms with Crippen molar-refractivity contribution in [2.75, 3.05) is 6.61 Å². The number of carbonyl (C=O) groups excluding carboxylic acids is 1. The average molecular weight is 358 g/mol. The third-order valence-corrected chi connectivity index (χ3v) is 3.85. The minimum Gasteiger partial charge on any atom is -0.507 e. The molecule has 1 amide bonds. The molecule has 138 valence electrons. The summed E-state index contributed by atoms with van der Waals surface area (Å²) >= 11 is 0. The predicted octanol–water partition coefficient (Wildman–Crippen LogP) is 3.88. The van der Waals surface area contributed by atoms with Crippen molar-refractivity contribution in [1.29, 1.82) is 0 Å². The van der Waals surface area contributed by atoms with Gasteiger partial charge in [-0.3, -0.25) is 4.79 Å².